The highest BCUT2D eigenvalue weighted by molar-refractivity contribution is 6.16. The fourth-order valence-corrected chi connectivity index (χ4v) is 0.919. The zero-order valence-electron chi connectivity index (χ0n) is 10.1. The van der Waals surface area contributed by atoms with Crippen LogP contribution in [0.4, 0.5) is 0 Å². The van der Waals surface area contributed by atoms with Crippen molar-refractivity contribution in [3.8, 4) is 0 Å². The first kappa shape index (κ1) is 15.2. The van der Waals surface area contributed by atoms with Crippen LogP contribution in [0.3, 0.4) is 0 Å². The van der Waals surface area contributed by atoms with Crippen molar-refractivity contribution in [2.24, 2.45) is 5.92 Å². The average Bonchev–Trinajstić information content (AvgIpc) is 2.31. The Hall–Kier alpha value is -1.75. The molecule has 5 nitrogen and oxygen atoms in total. The van der Waals surface area contributed by atoms with Crippen LogP contribution in [0, 0.1) is 5.92 Å². The third-order valence-corrected chi connectivity index (χ3v) is 1.74. The van der Waals surface area contributed by atoms with E-state index in [0.717, 1.165) is 11.0 Å². The van der Waals surface area contributed by atoms with Crippen molar-refractivity contribution >= 4 is 18.1 Å². The van der Waals surface area contributed by atoms with E-state index in [0.29, 0.717) is 6.61 Å². The van der Waals surface area contributed by atoms with E-state index in [1.807, 2.05) is 13.8 Å². The molecule has 0 aliphatic rings. The lowest BCUT2D eigenvalue weighted by Crippen LogP contribution is -2.38. The van der Waals surface area contributed by atoms with Crippen LogP contribution in [-0.4, -0.2) is 36.3 Å². The Kier molecular flexibility index (Phi) is 6.74. The minimum atomic E-state index is -0.825. The zero-order valence-corrected chi connectivity index (χ0v) is 10.1. The monoisotopic (exact) mass is 238 g/mol. The molecule has 0 rings (SSSR count). The maximum absolute atomic E-state index is 11.6. The summed E-state index contributed by atoms with van der Waals surface area (Å²) < 4.78 is 5.16. The van der Waals surface area contributed by atoms with Gasteiger partial charge >= 0.3 is 0 Å². The molecule has 0 fully saturated rings. The van der Waals surface area contributed by atoms with E-state index in [-0.39, 0.29) is 12.6 Å². The molecule has 0 saturated carbocycles. The van der Waals surface area contributed by atoms with Crippen molar-refractivity contribution in [1.29, 1.82) is 0 Å². The van der Waals surface area contributed by atoms with Crippen molar-refractivity contribution in [2.45, 2.75) is 13.8 Å². The predicted molar refractivity (Wildman–Crippen MR) is 62.5 cm³/mol. The van der Waals surface area contributed by atoms with Crippen molar-refractivity contribution < 1.29 is 19.1 Å². The SMILES string of the molecule is C=CC(=O)N(COCC(C)C)C(=O)C(=C)[C]=O. The first-order valence-corrected chi connectivity index (χ1v) is 5.07. The topological polar surface area (TPSA) is 63.7 Å². The molecule has 0 aliphatic carbocycles. The molecule has 0 bridgehead atoms. The van der Waals surface area contributed by atoms with Gasteiger partial charge in [0.15, 0.2) is 0 Å². The number of rotatable bonds is 7. The molecule has 0 aromatic carbocycles. The molecule has 0 spiro atoms. The molecular weight excluding hydrogens is 222 g/mol. The van der Waals surface area contributed by atoms with Crippen LogP contribution in [0.1, 0.15) is 13.8 Å². The second-order valence-corrected chi connectivity index (χ2v) is 3.75. The minimum Gasteiger partial charge on any atom is -0.360 e. The van der Waals surface area contributed by atoms with Crippen molar-refractivity contribution in [3.63, 3.8) is 0 Å². The molecule has 0 aliphatic heterocycles. The van der Waals surface area contributed by atoms with Gasteiger partial charge in [0, 0.05) is 0 Å². The molecule has 0 unspecified atom stereocenters. The highest BCUT2D eigenvalue weighted by Gasteiger charge is 2.21. The van der Waals surface area contributed by atoms with Gasteiger partial charge in [-0.05, 0) is 12.0 Å². The van der Waals surface area contributed by atoms with Gasteiger partial charge in [-0.2, -0.15) is 0 Å². The molecule has 1 radical (unpaired) electrons. The van der Waals surface area contributed by atoms with E-state index >= 15 is 0 Å². The lowest BCUT2D eigenvalue weighted by Gasteiger charge is -2.19. The van der Waals surface area contributed by atoms with Crippen molar-refractivity contribution in [3.05, 3.63) is 24.8 Å². The van der Waals surface area contributed by atoms with E-state index in [1.165, 1.54) is 6.29 Å². The second-order valence-electron chi connectivity index (χ2n) is 3.75. The van der Waals surface area contributed by atoms with Crippen LogP contribution in [0.2, 0.25) is 0 Å². The van der Waals surface area contributed by atoms with Crippen LogP contribution in [-0.2, 0) is 19.1 Å². The Labute approximate surface area is 101 Å². The largest absolute Gasteiger partial charge is 0.360 e. The number of nitrogens with zero attached hydrogens (tertiary/aromatic N) is 1. The van der Waals surface area contributed by atoms with Gasteiger partial charge in [0.05, 0.1) is 12.2 Å². The summed E-state index contributed by atoms with van der Waals surface area (Å²) >= 11 is 0. The Bertz CT molecular complexity index is 333. The number of carbonyl (C=O) groups excluding carboxylic acids is 3. The first-order chi connectivity index (χ1) is 7.93. The van der Waals surface area contributed by atoms with Gasteiger partial charge < -0.3 is 4.74 Å². The van der Waals surface area contributed by atoms with Gasteiger partial charge in [-0.1, -0.05) is 27.0 Å². The summed E-state index contributed by atoms with van der Waals surface area (Å²) in [4.78, 5) is 34.0. The molecular formula is C12H16NO4. The van der Waals surface area contributed by atoms with Gasteiger partial charge in [-0.15, -0.1) is 0 Å². The molecule has 2 amide bonds. The number of hydrogen-bond donors (Lipinski definition) is 0. The van der Waals surface area contributed by atoms with Gasteiger partial charge in [0.1, 0.15) is 6.73 Å². The number of imide groups is 1. The van der Waals surface area contributed by atoms with Crippen molar-refractivity contribution in [2.75, 3.05) is 13.3 Å². The Morgan fingerprint density at radius 2 is 2.06 bits per heavy atom. The summed E-state index contributed by atoms with van der Waals surface area (Å²) in [6.45, 7) is 10.5. The second kappa shape index (κ2) is 7.51. The molecule has 0 saturated heterocycles. The number of ether oxygens (including phenoxy) is 1. The van der Waals surface area contributed by atoms with Crippen molar-refractivity contribution in [1.82, 2.24) is 4.90 Å². The standard InChI is InChI=1S/C12H16NO4/c1-5-11(15)13(8-17-7-9(2)3)12(16)10(4)6-14/h5,9H,1,4,7-8H2,2-3H3. The van der Waals surface area contributed by atoms with Crippen LogP contribution in [0.15, 0.2) is 24.8 Å². The van der Waals surface area contributed by atoms with E-state index in [4.69, 9.17) is 4.74 Å². The van der Waals surface area contributed by atoms with Crippen LogP contribution < -0.4 is 0 Å². The van der Waals surface area contributed by atoms with E-state index in [9.17, 15) is 14.4 Å². The molecule has 93 valence electrons. The highest BCUT2D eigenvalue weighted by Crippen LogP contribution is 2.01. The molecule has 0 aromatic heterocycles. The van der Waals surface area contributed by atoms with Gasteiger partial charge in [-0.3, -0.25) is 19.3 Å². The fourth-order valence-electron chi connectivity index (χ4n) is 0.919. The van der Waals surface area contributed by atoms with E-state index in [2.05, 4.69) is 13.2 Å². The summed E-state index contributed by atoms with van der Waals surface area (Å²) in [5.41, 5.74) is -0.423. The summed E-state index contributed by atoms with van der Waals surface area (Å²) in [7, 11) is 0. The highest BCUT2D eigenvalue weighted by atomic mass is 16.5. The maximum Gasteiger partial charge on any atom is 0.266 e. The Balaban J connectivity index is 4.59. The Morgan fingerprint density at radius 3 is 2.47 bits per heavy atom. The van der Waals surface area contributed by atoms with Crippen LogP contribution in [0.25, 0.3) is 0 Å². The summed E-state index contributed by atoms with van der Waals surface area (Å²) in [6, 6.07) is 0. The summed E-state index contributed by atoms with van der Waals surface area (Å²) in [5.74, 6) is -1.20. The predicted octanol–water partition coefficient (Wildman–Crippen LogP) is 0.824. The number of hydrogen-bond acceptors (Lipinski definition) is 4. The fraction of sp³-hybridized carbons (Fsp3) is 0.417. The quantitative estimate of drug-likeness (QED) is 0.285. The Morgan fingerprint density at radius 1 is 1.47 bits per heavy atom. The third-order valence-electron chi connectivity index (χ3n) is 1.74. The van der Waals surface area contributed by atoms with Crippen LogP contribution in [0.5, 0.6) is 0 Å². The smallest absolute Gasteiger partial charge is 0.266 e. The van der Waals surface area contributed by atoms with E-state index in [1.54, 1.807) is 0 Å². The summed E-state index contributed by atoms with van der Waals surface area (Å²) in [6.07, 6.45) is 2.31. The molecule has 0 atom stereocenters. The minimum absolute atomic E-state index is 0.234. The third kappa shape index (κ3) is 5.21. The van der Waals surface area contributed by atoms with Gasteiger partial charge in [-0.25, -0.2) is 0 Å². The zero-order chi connectivity index (χ0) is 13.4. The number of amides is 2. The molecule has 0 heterocycles. The molecule has 5 heteroatoms. The first-order valence-electron chi connectivity index (χ1n) is 5.07. The average molecular weight is 238 g/mol. The normalized spacial score (nSPS) is 9.82. The molecule has 0 aromatic rings. The summed E-state index contributed by atoms with van der Waals surface area (Å²) in [5, 5.41) is 0. The van der Waals surface area contributed by atoms with Gasteiger partial charge in [0.25, 0.3) is 11.8 Å². The maximum atomic E-state index is 11.6. The molecule has 0 N–H and O–H groups in total. The van der Waals surface area contributed by atoms with Gasteiger partial charge in [0.2, 0.25) is 6.29 Å². The van der Waals surface area contributed by atoms with E-state index < -0.39 is 17.4 Å². The lowest BCUT2D eigenvalue weighted by molar-refractivity contribution is -0.145. The van der Waals surface area contributed by atoms with Crippen LogP contribution >= 0.6 is 0 Å². The lowest BCUT2D eigenvalue weighted by atomic mass is 10.2. The number of carbonyl (C=O) groups is 2. The molecule has 17 heavy (non-hydrogen) atoms.